The van der Waals surface area contributed by atoms with Gasteiger partial charge >= 0.3 is 0 Å². The zero-order valence-corrected chi connectivity index (χ0v) is 15.9. The largest absolute Gasteiger partial charge is 0.353 e. The fraction of sp³-hybridized carbons (Fsp3) is 0.588. The Morgan fingerprint density at radius 3 is 2.46 bits per heavy atom. The highest BCUT2D eigenvalue weighted by Gasteiger charge is 2.33. The Morgan fingerprint density at radius 1 is 1.25 bits per heavy atom. The molecule has 2 rings (SSSR count). The van der Waals surface area contributed by atoms with Crippen LogP contribution in [0.5, 0.6) is 0 Å². The summed E-state index contributed by atoms with van der Waals surface area (Å²) in [5.74, 6) is -0.0272. The molecule has 1 amide bonds. The van der Waals surface area contributed by atoms with Crippen LogP contribution in [0.25, 0.3) is 0 Å². The topological polar surface area (TPSA) is 66.5 Å². The van der Waals surface area contributed by atoms with Crippen LogP contribution in [0.2, 0.25) is 5.02 Å². The van der Waals surface area contributed by atoms with E-state index in [-0.39, 0.29) is 29.3 Å². The molecule has 2 unspecified atom stereocenters. The zero-order chi connectivity index (χ0) is 17.9. The highest BCUT2D eigenvalue weighted by Crippen LogP contribution is 2.25. The van der Waals surface area contributed by atoms with Crippen LogP contribution in [0.1, 0.15) is 33.6 Å². The van der Waals surface area contributed by atoms with Crippen molar-refractivity contribution in [3.8, 4) is 0 Å². The minimum absolute atomic E-state index is 0.0628. The third-order valence-corrected chi connectivity index (χ3v) is 6.71. The number of sulfonamides is 1. The third kappa shape index (κ3) is 4.49. The number of nitrogens with zero attached hydrogens (tertiary/aromatic N) is 1. The van der Waals surface area contributed by atoms with Gasteiger partial charge in [-0.3, -0.25) is 4.79 Å². The smallest absolute Gasteiger partial charge is 0.243 e. The van der Waals surface area contributed by atoms with Crippen molar-refractivity contribution in [2.45, 2.75) is 44.6 Å². The summed E-state index contributed by atoms with van der Waals surface area (Å²) in [5.41, 5.74) is 0. The number of amides is 1. The molecule has 1 aliphatic rings. The molecular weight excluding hydrogens is 348 g/mol. The first kappa shape index (κ1) is 19.2. The Balaban J connectivity index is 2.09. The van der Waals surface area contributed by atoms with Crippen molar-refractivity contribution in [3.63, 3.8) is 0 Å². The average molecular weight is 373 g/mol. The lowest BCUT2D eigenvalue weighted by Crippen LogP contribution is -2.47. The predicted molar refractivity (Wildman–Crippen MR) is 95.4 cm³/mol. The lowest BCUT2D eigenvalue weighted by Gasteiger charge is -2.32. The fourth-order valence-electron chi connectivity index (χ4n) is 2.64. The molecule has 0 saturated carbocycles. The maximum Gasteiger partial charge on any atom is 0.243 e. The predicted octanol–water partition coefficient (Wildman–Crippen LogP) is 2.90. The van der Waals surface area contributed by atoms with Crippen LogP contribution < -0.4 is 5.32 Å². The van der Waals surface area contributed by atoms with Crippen molar-refractivity contribution in [2.75, 3.05) is 13.1 Å². The van der Waals surface area contributed by atoms with E-state index in [2.05, 4.69) is 5.32 Å². The van der Waals surface area contributed by atoms with Gasteiger partial charge in [0.05, 0.1) is 10.8 Å². The van der Waals surface area contributed by atoms with Gasteiger partial charge in [0.1, 0.15) is 0 Å². The van der Waals surface area contributed by atoms with Crippen LogP contribution in [0.3, 0.4) is 0 Å². The molecule has 134 valence electrons. The van der Waals surface area contributed by atoms with Crippen LogP contribution in [0.15, 0.2) is 29.2 Å². The molecule has 1 aliphatic heterocycles. The molecule has 2 atom stereocenters. The summed E-state index contributed by atoms with van der Waals surface area (Å²) in [6.07, 6.45) is 1.39. The van der Waals surface area contributed by atoms with Gasteiger partial charge in [-0.1, -0.05) is 25.4 Å². The van der Waals surface area contributed by atoms with Gasteiger partial charge in [-0.25, -0.2) is 8.42 Å². The summed E-state index contributed by atoms with van der Waals surface area (Å²) in [5, 5.41) is 3.48. The first-order chi connectivity index (χ1) is 11.2. The summed E-state index contributed by atoms with van der Waals surface area (Å²) in [6.45, 7) is 6.72. The number of hydrogen-bond donors (Lipinski definition) is 1. The highest BCUT2D eigenvalue weighted by atomic mass is 35.5. The minimum atomic E-state index is -3.60. The van der Waals surface area contributed by atoms with E-state index in [0.29, 0.717) is 30.3 Å². The van der Waals surface area contributed by atoms with E-state index in [0.717, 1.165) is 0 Å². The first-order valence-electron chi connectivity index (χ1n) is 8.28. The van der Waals surface area contributed by atoms with Crippen LogP contribution in [-0.2, 0) is 14.8 Å². The molecule has 24 heavy (non-hydrogen) atoms. The molecule has 0 bridgehead atoms. The molecule has 1 fully saturated rings. The van der Waals surface area contributed by atoms with Gasteiger partial charge in [-0.05, 0) is 49.9 Å². The number of benzene rings is 1. The van der Waals surface area contributed by atoms with Gasteiger partial charge < -0.3 is 5.32 Å². The van der Waals surface area contributed by atoms with Gasteiger partial charge in [-0.2, -0.15) is 4.31 Å². The molecular formula is C17H25ClN2O3S. The normalized spacial score (nSPS) is 20.8. The monoisotopic (exact) mass is 372 g/mol. The first-order valence-corrected chi connectivity index (χ1v) is 10.1. The molecule has 0 aliphatic carbocycles. The quantitative estimate of drug-likeness (QED) is 0.864. The van der Waals surface area contributed by atoms with Crippen LogP contribution in [0.4, 0.5) is 0 Å². The van der Waals surface area contributed by atoms with Crippen molar-refractivity contribution in [1.82, 2.24) is 9.62 Å². The Hall–Kier alpha value is -1.11. The van der Waals surface area contributed by atoms with Crippen molar-refractivity contribution in [1.29, 1.82) is 0 Å². The number of halogens is 1. The fourth-order valence-corrected chi connectivity index (χ4v) is 4.29. The third-order valence-electron chi connectivity index (χ3n) is 4.58. The molecule has 1 aromatic carbocycles. The second-order valence-electron chi connectivity index (χ2n) is 6.70. The van der Waals surface area contributed by atoms with E-state index < -0.39 is 10.0 Å². The number of piperidine rings is 1. The summed E-state index contributed by atoms with van der Waals surface area (Å²) in [6, 6.07) is 6.20. The van der Waals surface area contributed by atoms with E-state index in [1.165, 1.54) is 16.4 Å². The number of nitrogens with one attached hydrogen (secondary N) is 1. The molecule has 5 nitrogen and oxygen atoms in total. The number of carbonyl (C=O) groups excluding carboxylic acids is 1. The van der Waals surface area contributed by atoms with Gasteiger partial charge in [0.2, 0.25) is 15.9 Å². The molecule has 1 heterocycles. The molecule has 1 aromatic rings. The number of carbonyl (C=O) groups is 1. The van der Waals surface area contributed by atoms with Crippen molar-refractivity contribution >= 4 is 27.5 Å². The Bertz CT molecular complexity index is 674. The van der Waals surface area contributed by atoms with Gasteiger partial charge in [0.15, 0.2) is 0 Å². The minimum Gasteiger partial charge on any atom is -0.353 e. The van der Waals surface area contributed by atoms with Crippen molar-refractivity contribution in [2.24, 2.45) is 11.8 Å². The maximum absolute atomic E-state index is 12.7. The number of hydrogen-bond acceptors (Lipinski definition) is 3. The van der Waals surface area contributed by atoms with E-state index in [1.54, 1.807) is 12.1 Å². The van der Waals surface area contributed by atoms with Gasteiger partial charge in [0, 0.05) is 24.2 Å². The van der Waals surface area contributed by atoms with E-state index in [9.17, 15) is 13.2 Å². The van der Waals surface area contributed by atoms with E-state index in [1.807, 2.05) is 20.8 Å². The lowest BCUT2D eigenvalue weighted by molar-refractivity contribution is -0.127. The van der Waals surface area contributed by atoms with E-state index in [4.69, 9.17) is 11.6 Å². The summed E-state index contributed by atoms with van der Waals surface area (Å²) >= 11 is 5.82. The molecule has 1 saturated heterocycles. The summed E-state index contributed by atoms with van der Waals surface area (Å²) in [4.78, 5) is 12.6. The summed E-state index contributed by atoms with van der Waals surface area (Å²) < 4.78 is 26.9. The Labute approximate surface area is 149 Å². The molecule has 7 heteroatoms. The van der Waals surface area contributed by atoms with Gasteiger partial charge in [-0.15, -0.1) is 0 Å². The van der Waals surface area contributed by atoms with Crippen molar-refractivity contribution in [3.05, 3.63) is 29.3 Å². The lowest BCUT2D eigenvalue weighted by atomic mass is 9.97. The van der Waals surface area contributed by atoms with Crippen LogP contribution in [-0.4, -0.2) is 37.8 Å². The van der Waals surface area contributed by atoms with Crippen LogP contribution >= 0.6 is 11.6 Å². The number of rotatable bonds is 5. The SMILES string of the molecule is CC(C)C(C)NC(=O)C1CCCN(S(=O)(=O)c2ccc(Cl)cc2)C1. The average Bonchev–Trinajstić information content (AvgIpc) is 2.55. The summed E-state index contributed by atoms with van der Waals surface area (Å²) in [7, 11) is -3.60. The molecule has 1 N–H and O–H groups in total. The highest BCUT2D eigenvalue weighted by molar-refractivity contribution is 7.89. The molecule has 0 spiro atoms. The van der Waals surface area contributed by atoms with Crippen molar-refractivity contribution < 1.29 is 13.2 Å². The standard InChI is InChI=1S/C17H25ClN2O3S/c1-12(2)13(3)19-17(21)14-5-4-10-20(11-14)24(22,23)16-8-6-15(18)7-9-16/h6-9,12-14H,4-5,10-11H2,1-3H3,(H,19,21). The zero-order valence-electron chi connectivity index (χ0n) is 14.3. The van der Waals surface area contributed by atoms with Crippen LogP contribution in [0, 0.1) is 11.8 Å². The second-order valence-corrected chi connectivity index (χ2v) is 9.07. The molecule has 0 aromatic heterocycles. The second kappa shape index (κ2) is 7.85. The molecule has 0 radical (unpaired) electrons. The van der Waals surface area contributed by atoms with Gasteiger partial charge in [0.25, 0.3) is 0 Å². The Kier molecular flexibility index (Phi) is 6.28. The maximum atomic E-state index is 12.7. The van der Waals surface area contributed by atoms with E-state index >= 15 is 0 Å². The Morgan fingerprint density at radius 2 is 1.88 bits per heavy atom.